The first-order chi connectivity index (χ1) is 13.4. The van der Waals surface area contributed by atoms with Crippen molar-refractivity contribution in [3.63, 3.8) is 0 Å². The van der Waals surface area contributed by atoms with Crippen LogP contribution in [0.15, 0.2) is 29.2 Å². The van der Waals surface area contributed by atoms with Crippen LogP contribution in [0.5, 0.6) is 0 Å². The number of hydrogen-bond acceptors (Lipinski definition) is 6. The van der Waals surface area contributed by atoms with Crippen molar-refractivity contribution in [2.24, 2.45) is 11.8 Å². The average molecular weight is 383 g/mol. The zero-order valence-electron chi connectivity index (χ0n) is 15.6. The van der Waals surface area contributed by atoms with Crippen LogP contribution in [0.3, 0.4) is 0 Å². The summed E-state index contributed by atoms with van der Waals surface area (Å²) in [6.07, 6.45) is 4.95. The van der Waals surface area contributed by atoms with E-state index in [4.69, 9.17) is 4.74 Å². The molecule has 0 spiro atoms. The van der Waals surface area contributed by atoms with E-state index in [0.717, 1.165) is 23.3 Å². The van der Waals surface area contributed by atoms with E-state index in [0.29, 0.717) is 24.2 Å². The molecule has 28 heavy (non-hydrogen) atoms. The van der Waals surface area contributed by atoms with Crippen molar-refractivity contribution in [3.8, 4) is 0 Å². The molecule has 0 bridgehead atoms. The van der Waals surface area contributed by atoms with E-state index in [9.17, 15) is 19.2 Å². The van der Waals surface area contributed by atoms with Gasteiger partial charge in [0.15, 0.2) is 0 Å². The first kappa shape index (κ1) is 18.3. The standard InChI is InChI=1S/C20H21N3O5/c1-12-6-7-16-21-13(8-17(24)22(16)9-12)11-28-18(25)10-23-19(26)14-4-2-3-5-15(14)20(23)27/h6-9,14-15H,2-5,10-11H2,1H3/t14-,15+. The maximum absolute atomic E-state index is 12.4. The highest BCUT2D eigenvalue weighted by molar-refractivity contribution is 6.07. The molecule has 1 aliphatic carbocycles. The van der Waals surface area contributed by atoms with Crippen molar-refractivity contribution in [1.82, 2.24) is 14.3 Å². The molecule has 2 atom stereocenters. The molecule has 8 nitrogen and oxygen atoms in total. The van der Waals surface area contributed by atoms with Gasteiger partial charge in [0.25, 0.3) is 5.56 Å². The minimum Gasteiger partial charge on any atom is -0.458 e. The topological polar surface area (TPSA) is 98.0 Å². The molecular weight excluding hydrogens is 362 g/mol. The summed E-state index contributed by atoms with van der Waals surface area (Å²) in [5.41, 5.74) is 1.43. The molecule has 2 aromatic heterocycles. The second-order valence-corrected chi connectivity index (χ2v) is 7.44. The Balaban J connectivity index is 1.41. The monoisotopic (exact) mass is 383 g/mol. The molecule has 4 rings (SSSR count). The van der Waals surface area contributed by atoms with Crippen LogP contribution in [0.4, 0.5) is 0 Å². The minimum atomic E-state index is -0.689. The van der Waals surface area contributed by atoms with Gasteiger partial charge < -0.3 is 4.74 Å². The fraction of sp³-hybridized carbons (Fsp3) is 0.450. The van der Waals surface area contributed by atoms with Crippen molar-refractivity contribution in [3.05, 3.63) is 46.0 Å². The molecule has 0 aromatic carbocycles. The van der Waals surface area contributed by atoms with Crippen molar-refractivity contribution < 1.29 is 19.1 Å². The number of hydrogen-bond donors (Lipinski definition) is 0. The van der Waals surface area contributed by atoms with Gasteiger partial charge in [-0.25, -0.2) is 4.98 Å². The van der Waals surface area contributed by atoms with Gasteiger partial charge in [-0.05, 0) is 31.4 Å². The molecule has 1 saturated heterocycles. The van der Waals surface area contributed by atoms with E-state index in [1.54, 1.807) is 12.3 Å². The summed E-state index contributed by atoms with van der Waals surface area (Å²) in [5.74, 6) is -1.82. The van der Waals surface area contributed by atoms with Gasteiger partial charge in [-0.3, -0.25) is 28.5 Å². The maximum Gasteiger partial charge on any atom is 0.326 e. The van der Waals surface area contributed by atoms with E-state index in [2.05, 4.69) is 4.98 Å². The Kier molecular flexibility index (Phi) is 4.70. The lowest BCUT2D eigenvalue weighted by molar-refractivity contribution is -0.153. The van der Waals surface area contributed by atoms with E-state index >= 15 is 0 Å². The molecule has 1 aliphatic heterocycles. The molecule has 0 unspecified atom stereocenters. The van der Waals surface area contributed by atoms with Gasteiger partial charge in [0.05, 0.1) is 17.5 Å². The number of likely N-dealkylation sites (tertiary alicyclic amines) is 1. The minimum absolute atomic E-state index is 0.193. The number of imide groups is 1. The summed E-state index contributed by atoms with van der Waals surface area (Å²) in [7, 11) is 0. The molecule has 0 radical (unpaired) electrons. The predicted octanol–water partition coefficient (Wildman–Crippen LogP) is 1.22. The lowest BCUT2D eigenvalue weighted by Gasteiger charge is -2.19. The van der Waals surface area contributed by atoms with Crippen molar-refractivity contribution in [1.29, 1.82) is 0 Å². The summed E-state index contributed by atoms with van der Waals surface area (Å²) in [6.45, 7) is 1.29. The SMILES string of the molecule is Cc1ccc2nc(COC(=O)CN3C(=O)[C@H]4CCCC[C@H]4C3=O)cc(=O)n2c1. The Morgan fingerprint density at radius 2 is 1.82 bits per heavy atom. The van der Waals surface area contributed by atoms with Gasteiger partial charge in [-0.15, -0.1) is 0 Å². The van der Waals surface area contributed by atoms with Crippen LogP contribution in [-0.2, 0) is 25.7 Å². The zero-order chi connectivity index (χ0) is 19.8. The Hall–Kier alpha value is -3.03. The molecule has 2 amide bonds. The summed E-state index contributed by atoms with van der Waals surface area (Å²) in [6, 6.07) is 4.85. The zero-order valence-corrected chi connectivity index (χ0v) is 15.6. The summed E-state index contributed by atoms with van der Waals surface area (Å²) in [4.78, 5) is 54.5. The van der Waals surface area contributed by atoms with E-state index < -0.39 is 12.5 Å². The third-order valence-electron chi connectivity index (χ3n) is 5.46. The van der Waals surface area contributed by atoms with Gasteiger partial charge in [0, 0.05) is 12.3 Å². The fourth-order valence-corrected chi connectivity index (χ4v) is 4.05. The number of fused-ring (bicyclic) bond motifs is 2. The van der Waals surface area contributed by atoms with Crippen molar-refractivity contribution in [2.75, 3.05) is 6.54 Å². The Labute approximate surface area is 161 Å². The Morgan fingerprint density at radius 1 is 1.14 bits per heavy atom. The first-order valence-corrected chi connectivity index (χ1v) is 9.44. The first-order valence-electron chi connectivity index (χ1n) is 9.44. The lowest BCUT2D eigenvalue weighted by atomic mass is 9.81. The summed E-state index contributed by atoms with van der Waals surface area (Å²) >= 11 is 0. The predicted molar refractivity (Wildman–Crippen MR) is 98.2 cm³/mol. The molecule has 146 valence electrons. The third-order valence-corrected chi connectivity index (χ3v) is 5.46. The van der Waals surface area contributed by atoms with Gasteiger partial charge in [-0.1, -0.05) is 18.9 Å². The van der Waals surface area contributed by atoms with Gasteiger partial charge in [0.2, 0.25) is 11.8 Å². The second kappa shape index (κ2) is 7.18. The number of rotatable bonds is 4. The van der Waals surface area contributed by atoms with Crippen LogP contribution in [0.2, 0.25) is 0 Å². The number of amides is 2. The van der Waals surface area contributed by atoms with Crippen LogP contribution >= 0.6 is 0 Å². The average Bonchev–Trinajstić information content (AvgIpc) is 2.92. The molecule has 1 saturated carbocycles. The third kappa shape index (κ3) is 3.30. The van der Waals surface area contributed by atoms with Crippen LogP contribution in [-0.4, -0.2) is 38.6 Å². The molecule has 3 heterocycles. The van der Waals surface area contributed by atoms with E-state index in [-0.39, 0.29) is 35.8 Å². The number of aryl methyl sites for hydroxylation is 1. The largest absolute Gasteiger partial charge is 0.458 e. The molecule has 0 N–H and O–H groups in total. The number of carbonyl (C=O) groups excluding carboxylic acids is 3. The fourth-order valence-electron chi connectivity index (χ4n) is 4.05. The van der Waals surface area contributed by atoms with Crippen LogP contribution < -0.4 is 5.56 Å². The lowest BCUT2D eigenvalue weighted by Crippen LogP contribution is -2.36. The van der Waals surface area contributed by atoms with E-state index in [1.807, 2.05) is 13.0 Å². The number of ether oxygens (including phenoxy) is 1. The number of aromatic nitrogens is 2. The summed E-state index contributed by atoms with van der Waals surface area (Å²) in [5, 5.41) is 0. The molecular formula is C20H21N3O5. The van der Waals surface area contributed by atoms with Crippen molar-refractivity contribution >= 4 is 23.4 Å². The quantitative estimate of drug-likeness (QED) is 0.582. The van der Waals surface area contributed by atoms with Gasteiger partial charge in [-0.2, -0.15) is 0 Å². The number of esters is 1. The highest BCUT2D eigenvalue weighted by atomic mass is 16.5. The smallest absolute Gasteiger partial charge is 0.326 e. The normalized spacial score (nSPS) is 21.8. The molecule has 2 aromatic rings. The molecule has 2 fully saturated rings. The van der Waals surface area contributed by atoms with Gasteiger partial charge in [0.1, 0.15) is 18.8 Å². The van der Waals surface area contributed by atoms with Crippen LogP contribution in [0, 0.1) is 18.8 Å². The van der Waals surface area contributed by atoms with Gasteiger partial charge >= 0.3 is 5.97 Å². The number of nitrogens with zero attached hydrogens (tertiary/aromatic N) is 3. The van der Waals surface area contributed by atoms with E-state index in [1.165, 1.54) is 10.5 Å². The maximum atomic E-state index is 12.4. The Bertz CT molecular complexity index is 1000. The van der Waals surface area contributed by atoms with Crippen LogP contribution in [0.25, 0.3) is 5.65 Å². The molecule has 8 heteroatoms. The second-order valence-electron chi connectivity index (χ2n) is 7.44. The number of carbonyl (C=O) groups is 3. The van der Waals surface area contributed by atoms with Crippen molar-refractivity contribution in [2.45, 2.75) is 39.2 Å². The van der Waals surface area contributed by atoms with Crippen LogP contribution in [0.1, 0.15) is 36.9 Å². The highest BCUT2D eigenvalue weighted by Crippen LogP contribution is 2.37. The highest BCUT2D eigenvalue weighted by Gasteiger charge is 2.48. The number of pyridine rings is 1. The summed E-state index contributed by atoms with van der Waals surface area (Å²) < 4.78 is 6.59. The Morgan fingerprint density at radius 3 is 2.50 bits per heavy atom. The molecule has 2 aliphatic rings.